The molecule has 1 aliphatic rings. The SMILES string of the molecule is Cc1ccc(F)c(NC(=O)c2ccc3c(=O)n4c(nc3c2)CCC4)c1. The fourth-order valence-corrected chi connectivity index (χ4v) is 3.15. The van der Waals surface area contributed by atoms with Gasteiger partial charge < -0.3 is 5.32 Å². The summed E-state index contributed by atoms with van der Waals surface area (Å²) in [4.78, 5) is 29.4. The van der Waals surface area contributed by atoms with Crippen molar-refractivity contribution in [1.29, 1.82) is 0 Å². The summed E-state index contributed by atoms with van der Waals surface area (Å²) in [6, 6.07) is 9.29. The molecule has 6 heteroatoms. The molecular weight excluding hydrogens is 321 g/mol. The summed E-state index contributed by atoms with van der Waals surface area (Å²) in [5.74, 6) is -0.178. The van der Waals surface area contributed by atoms with E-state index in [0.717, 1.165) is 24.2 Å². The van der Waals surface area contributed by atoms with Gasteiger partial charge in [0.15, 0.2) is 0 Å². The predicted octanol–water partition coefficient (Wildman–Crippen LogP) is 3.04. The van der Waals surface area contributed by atoms with Crippen LogP contribution >= 0.6 is 0 Å². The fraction of sp³-hybridized carbons (Fsp3) is 0.211. The summed E-state index contributed by atoms with van der Waals surface area (Å²) in [6.07, 6.45) is 1.66. The Morgan fingerprint density at radius 1 is 1.24 bits per heavy atom. The number of hydrogen-bond donors (Lipinski definition) is 1. The van der Waals surface area contributed by atoms with E-state index in [0.29, 0.717) is 23.0 Å². The van der Waals surface area contributed by atoms with Crippen molar-refractivity contribution in [2.24, 2.45) is 0 Å². The maximum Gasteiger partial charge on any atom is 0.261 e. The van der Waals surface area contributed by atoms with E-state index in [4.69, 9.17) is 0 Å². The van der Waals surface area contributed by atoms with E-state index in [9.17, 15) is 14.0 Å². The first-order valence-corrected chi connectivity index (χ1v) is 8.14. The van der Waals surface area contributed by atoms with Gasteiger partial charge >= 0.3 is 0 Å². The van der Waals surface area contributed by atoms with Crippen LogP contribution in [0.2, 0.25) is 0 Å². The van der Waals surface area contributed by atoms with Crippen molar-refractivity contribution in [3.05, 3.63) is 69.5 Å². The zero-order valence-corrected chi connectivity index (χ0v) is 13.7. The van der Waals surface area contributed by atoms with Crippen LogP contribution in [0.15, 0.2) is 41.2 Å². The number of nitrogens with zero attached hydrogens (tertiary/aromatic N) is 2. The fourth-order valence-electron chi connectivity index (χ4n) is 3.15. The van der Waals surface area contributed by atoms with E-state index in [1.54, 1.807) is 34.9 Å². The third kappa shape index (κ3) is 2.69. The maximum absolute atomic E-state index is 13.8. The summed E-state index contributed by atoms with van der Waals surface area (Å²) in [6.45, 7) is 2.51. The van der Waals surface area contributed by atoms with Crippen LogP contribution in [-0.2, 0) is 13.0 Å². The Kier molecular flexibility index (Phi) is 3.60. The van der Waals surface area contributed by atoms with Crippen LogP contribution in [0.1, 0.15) is 28.2 Å². The lowest BCUT2D eigenvalue weighted by atomic mass is 10.1. The van der Waals surface area contributed by atoms with Crippen molar-refractivity contribution in [2.75, 3.05) is 5.32 Å². The molecule has 0 unspecified atom stereocenters. The van der Waals surface area contributed by atoms with Crippen molar-refractivity contribution in [3.63, 3.8) is 0 Å². The standard InChI is InChI=1S/C19H16FN3O2/c1-11-4-7-14(20)16(9-11)22-18(24)12-5-6-13-15(10-12)21-17-3-2-8-23(17)19(13)25/h4-7,9-10H,2-3,8H2,1H3,(H,22,24). The van der Waals surface area contributed by atoms with Crippen LogP contribution in [0.4, 0.5) is 10.1 Å². The van der Waals surface area contributed by atoms with Gasteiger partial charge in [-0.1, -0.05) is 6.07 Å². The maximum atomic E-state index is 13.8. The van der Waals surface area contributed by atoms with E-state index in [-0.39, 0.29) is 11.2 Å². The normalized spacial score (nSPS) is 13.0. The van der Waals surface area contributed by atoms with Gasteiger partial charge in [0, 0.05) is 18.5 Å². The molecule has 0 spiro atoms. The van der Waals surface area contributed by atoms with Gasteiger partial charge in [-0.15, -0.1) is 0 Å². The second-order valence-electron chi connectivity index (χ2n) is 6.26. The van der Waals surface area contributed by atoms with Gasteiger partial charge in [-0.3, -0.25) is 14.2 Å². The first-order valence-electron chi connectivity index (χ1n) is 8.14. The van der Waals surface area contributed by atoms with Crippen molar-refractivity contribution in [1.82, 2.24) is 9.55 Å². The topological polar surface area (TPSA) is 64.0 Å². The number of amides is 1. The van der Waals surface area contributed by atoms with Gasteiger partial charge in [0.1, 0.15) is 11.6 Å². The molecule has 2 heterocycles. The molecule has 4 rings (SSSR count). The zero-order chi connectivity index (χ0) is 17.6. The quantitative estimate of drug-likeness (QED) is 0.782. The Bertz CT molecular complexity index is 1070. The molecule has 0 bridgehead atoms. The average molecular weight is 337 g/mol. The van der Waals surface area contributed by atoms with Crippen LogP contribution in [-0.4, -0.2) is 15.5 Å². The van der Waals surface area contributed by atoms with Gasteiger partial charge in [0.2, 0.25) is 0 Å². The molecule has 0 saturated carbocycles. The van der Waals surface area contributed by atoms with Crippen LogP contribution in [0.3, 0.4) is 0 Å². The number of nitrogens with one attached hydrogen (secondary N) is 1. The molecule has 2 aromatic carbocycles. The number of hydrogen-bond acceptors (Lipinski definition) is 3. The average Bonchev–Trinajstić information content (AvgIpc) is 3.06. The molecule has 3 aromatic rings. The largest absolute Gasteiger partial charge is 0.319 e. The smallest absolute Gasteiger partial charge is 0.261 e. The molecular formula is C19H16FN3O2. The number of fused-ring (bicyclic) bond motifs is 2. The summed E-state index contributed by atoms with van der Waals surface area (Å²) < 4.78 is 15.5. The number of carbonyl (C=O) groups is 1. The van der Waals surface area contributed by atoms with Crippen LogP contribution in [0, 0.1) is 12.7 Å². The lowest BCUT2D eigenvalue weighted by Crippen LogP contribution is -2.21. The second-order valence-corrected chi connectivity index (χ2v) is 6.26. The van der Waals surface area contributed by atoms with Gasteiger partial charge in [-0.05, 0) is 49.2 Å². The van der Waals surface area contributed by atoms with Crippen LogP contribution < -0.4 is 10.9 Å². The van der Waals surface area contributed by atoms with Crippen molar-refractivity contribution < 1.29 is 9.18 Å². The molecule has 1 N–H and O–H groups in total. The number of benzene rings is 2. The minimum atomic E-state index is -0.492. The number of carbonyl (C=O) groups excluding carboxylic acids is 1. The third-order valence-electron chi connectivity index (χ3n) is 4.45. The summed E-state index contributed by atoms with van der Waals surface area (Å²) >= 11 is 0. The highest BCUT2D eigenvalue weighted by atomic mass is 19.1. The lowest BCUT2D eigenvalue weighted by Gasteiger charge is -2.09. The Balaban J connectivity index is 1.72. The van der Waals surface area contributed by atoms with Crippen LogP contribution in [0.25, 0.3) is 10.9 Å². The monoisotopic (exact) mass is 337 g/mol. The third-order valence-corrected chi connectivity index (χ3v) is 4.45. The Labute approximate surface area is 143 Å². The molecule has 25 heavy (non-hydrogen) atoms. The molecule has 1 aliphatic heterocycles. The molecule has 0 radical (unpaired) electrons. The summed E-state index contributed by atoms with van der Waals surface area (Å²) in [5, 5.41) is 3.06. The van der Waals surface area contributed by atoms with E-state index in [1.165, 1.54) is 6.07 Å². The molecule has 1 amide bonds. The highest BCUT2D eigenvalue weighted by Crippen LogP contribution is 2.19. The van der Waals surface area contributed by atoms with E-state index < -0.39 is 11.7 Å². The Hall–Kier alpha value is -3.02. The van der Waals surface area contributed by atoms with Crippen molar-refractivity contribution in [2.45, 2.75) is 26.3 Å². The first-order chi connectivity index (χ1) is 12.0. The van der Waals surface area contributed by atoms with Gasteiger partial charge in [0.05, 0.1) is 16.6 Å². The molecule has 0 atom stereocenters. The molecule has 0 aliphatic carbocycles. The van der Waals surface area contributed by atoms with Crippen molar-refractivity contribution in [3.8, 4) is 0 Å². The lowest BCUT2D eigenvalue weighted by molar-refractivity contribution is 0.102. The zero-order valence-electron chi connectivity index (χ0n) is 13.7. The predicted molar refractivity (Wildman–Crippen MR) is 93.4 cm³/mol. The van der Waals surface area contributed by atoms with Gasteiger partial charge in [-0.2, -0.15) is 0 Å². The molecule has 5 nitrogen and oxygen atoms in total. The summed E-state index contributed by atoms with van der Waals surface area (Å²) in [7, 11) is 0. The Morgan fingerprint density at radius 2 is 2.08 bits per heavy atom. The number of halogens is 1. The minimum absolute atomic E-state index is 0.0748. The van der Waals surface area contributed by atoms with Gasteiger partial charge in [0.25, 0.3) is 11.5 Å². The molecule has 126 valence electrons. The Morgan fingerprint density at radius 3 is 2.92 bits per heavy atom. The second kappa shape index (κ2) is 5.81. The van der Waals surface area contributed by atoms with Gasteiger partial charge in [-0.25, -0.2) is 9.37 Å². The first kappa shape index (κ1) is 15.5. The highest BCUT2D eigenvalue weighted by molar-refractivity contribution is 6.06. The van der Waals surface area contributed by atoms with Crippen molar-refractivity contribution >= 4 is 22.5 Å². The van der Waals surface area contributed by atoms with E-state index >= 15 is 0 Å². The number of rotatable bonds is 2. The van der Waals surface area contributed by atoms with E-state index in [1.807, 2.05) is 6.92 Å². The molecule has 0 saturated heterocycles. The number of anilines is 1. The molecule has 1 aromatic heterocycles. The van der Waals surface area contributed by atoms with Crippen LogP contribution in [0.5, 0.6) is 0 Å². The molecule has 0 fully saturated rings. The number of aromatic nitrogens is 2. The highest BCUT2D eigenvalue weighted by Gasteiger charge is 2.17. The minimum Gasteiger partial charge on any atom is -0.319 e. The summed E-state index contributed by atoms with van der Waals surface area (Å²) in [5.41, 5.74) is 1.74. The number of aryl methyl sites for hydroxylation is 2. The van der Waals surface area contributed by atoms with E-state index in [2.05, 4.69) is 10.3 Å².